The van der Waals surface area contributed by atoms with Crippen molar-refractivity contribution in [3.8, 4) is 5.75 Å². The van der Waals surface area contributed by atoms with Gasteiger partial charge in [-0.2, -0.15) is 0 Å². The Kier molecular flexibility index (Phi) is 4.45. The van der Waals surface area contributed by atoms with Gasteiger partial charge in [-0.3, -0.25) is 4.98 Å². The van der Waals surface area contributed by atoms with Gasteiger partial charge in [-0.25, -0.2) is 0 Å². The molecule has 18 heavy (non-hydrogen) atoms. The molecule has 0 atom stereocenters. The number of rotatable bonds is 4. The topological polar surface area (TPSA) is 22.1 Å². The maximum atomic E-state index is 6.11. The lowest BCUT2D eigenvalue weighted by Crippen LogP contribution is -2.02. The van der Waals surface area contributed by atoms with Crippen molar-refractivity contribution < 1.29 is 4.74 Å². The summed E-state index contributed by atoms with van der Waals surface area (Å²) in [5, 5.41) is 0.571. The van der Waals surface area contributed by atoms with Gasteiger partial charge < -0.3 is 4.74 Å². The molecule has 0 unspecified atom stereocenters. The van der Waals surface area contributed by atoms with E-state index in [0.717, 1.165) is 16.8 Å². The molecule has 0 saturated carbocycles. The average Bonchev–Trinajstić information content (AvgIpc) is 2.39. The lowest BCUT2D eigenvalue weighted by molar-refractivity contribution is 0.298. The SMILES string of the molecule is Cc1cccnc1COc1c(Cl)cccc1CCl. The number of para-hydroxylation sites is 1. The largest absolute Gasteiger partial charge is 0.485 e. The van der Waals surface area contributed by atoms with Crippen LogP contribution in [0.15, 0.2) is 36.5 Å². The van der Waals surface area contributed by atoms with Crippen LogP contribution < -0.4 is 4.74 Å². The predicted molar refractivity (Wildman–Crippen MR) is 74.3 cm³/mol. The molecule has 0 fully saturated rings. The Labute approximate surface area is 117 Å². The van der Waals surface area contributed by atoms with E-state index in [4.69, 9.17) is 27.9 Å². The van der Waals surface area contributed by atoms with Crippen LogP contribution in [0.2, 0.25) is 5.02 Å². The first kappa shape index (κ1) is 13.2. The van der Waals surface area contributed by atoms with Crippen molar-refractivity contribution in [1.82, 2.24) is 4.98 Å². The van der Waals surface area contributed by atoms with E-state index in [1.165, 1.54) is 0 Å². The minimum atomic E-state index is 0.372. The smallest absolute Gasteiger partial charge is 0.142 e. The second kappa shape index (κ2) is 6.07. The molecular weight excluding hydrogens is 269 g/mol. The monoisotopic (exact) mass is 281 g/mol. The molecule has 0 bridgehead atoms. The van der Waals surface area contributed by atoms with Gasteiger partial charge in [0, 0.05) is 11.8 Å². The number of halogens is 2. The molecule has 94 valence electrons. The number of aromatic nitrogens is 1. The van der Waals surface area contributed by atoms with Crippen LogP contribution in [0.1, 0.15) is 16.8 Å². The predicted octanol–water partition coefficient (Wildman–Crippen LogP) is 4.36. The zero-order valence-electron chi connectivity index (χ0n) is 9.99. The number of ether oxygens (including phenoxy) is 1. The van der Waals surface area contributed by atoms with Gasteiger partial charge >= 0.3 is 0 Å². The highest BCUT2D eigenvalue weighted by Crippen LogP contribution is 2.30. The van der Waals surface area contributed by atoms with Gasteiger partial charge in [0.1, 0.15) is 12.4 Å². The highest BCUT2D eigenvalue weighted by atomic mass is 35.5. The maximum Gasteiger partial charge on any atom is 0.142 e. The van der Waals surface area contributed by atoms with Gasteiger partial charge in [-0.05, 0) is 24.6 Å². The Balaban J connectivity index is 2.18. The van der Waals surface area contributed by atoms with Gasteiger partial charge in [-0.15, -0.1) is 11.6 Å². The summed E-state index contributed by atoms with van der Waals surface area (Å²) in [5.74, 6) is 1.01. The van der Waals surface area contributed by atoms with E-state index in [0.29, 0.717) is 23.3 Å². The highest BCUT2D eigenvalue weighted by molar-refractivity contribution is 6.32. The van der Waals surface area contributed by atoms with E-state index >= 15 is 0 Å². The summed E-state index contributed by atoms with van der Waals surface area (Å²) in [6.45, 7) is 2.39. The average molecular weight is 282 g/mol. The summed E-state index contributed by atoms with van der Waals surface area (Å²) >= 11 is 12.0. The number of hydrogen-bond acceptors (Lipinski definition) is 2. The molecule has 0 aliphatic heterocycles. The molecule has 1 aromatic carbocycles. The third kappa shape index (κ3) is 2.95. The zero-order chi connectivity index (χ0) is 13.0. The van der Waals surface area contributed by atoms with E-state index in [9.17, 15) is 0 Å². The first-order chi connectivity index (χ1) is 8.72. The summed E-state index contributed by atoms with van der Waals surface area (Å²) < 4.78 is 5.75. The van der Waals surface area contributed by atoms with Crippen LogP contribution in [0.25, 0.3) is 0 Å². The zero-order valence-corrected chi connectivity index (χ0v) is 11.5. The van der Waals surface area contributed by atoms with Crippen LogP contribution in [0.4, 0.5) is 0 Å². The van der Waals surface area contributed by atoms with E-state index in [-0.39, 0.29) is 0 Å². The van der Waals surface area contributed by atoms with E-state index in [1.807, 2.05) is 31.2 Å². The van der Waals surface area contributed by atoms with Crippen molar-refractivity contribution in [3.63, 3.8) is 0 Å². The highest BCUT2D eigenvalue weighted by Gasteiger charge is 2.08. The summed E-state index contributed by atoms with van der Waals surface area (Å²) in [6, 6.07) is 9.45. The molecule has 0 N–H and O–H groups in total. The van der Waals surface area contributed by atoms with E-state index in [2.05, 4.69) is 4.98 Å². The third-order valence-corrected chi connectivity index (χ3v) is 3.25. The molecule has 0 saturated heterocycles. The fourth-order valence-electron chi connectivity index (χ4n) is 1.63. The summed E-state index contributed by atoms with van der Waals surface area (Å²) in [6.07, 6.45) is 1.75. The Morgan fingerprint density at radius 3 is 2.78 bits per heavy atom. The number of benzene rings is 1. The lowest BCUT2D eigenvalue weighted by Gasteiger charge is -2.12. The normalized spacial score (nSPS) is 10.4. The minimum absolute atomic E-state index is 0.372. The molecule has 0 amide bonds. The second-order valence-electron chi connectivity index (χ2n) is 3.92. The molecule has 1 aromatic heterocycles. The summed E-state index contributed by atoms with van der Waals surface area (Å²) in [4.78, 5) is 4.28. The minimum Gasteiger partial charge on any atom is -0.485 e. The Bertz CT molecular complexity index is 543. The second-order valence-corrected chi connectivity index (χ2v) is 4.59. The lowest BCUT2D eigenvalue weighted by atomic mass is 10.2. The van der Waals surface area contributed by atoms with Crippen molar-refractivity contribution in [2.45, 2.75) is 19.4 Å². The summed E-state index contributed by atoms with van der Waals surface area (Å²) in [5.41, 5.74) is 2.88. The fraction of sp³-hybridized carbons (Fsp3) is 0.214. The van der Waals surface area contributed by atoms with Crippen LogP contribution in [0.5, 0.6) is 5.75 Å². The number of pyridine rings is 1. The van der Waals surface area contributed by atoms with Crippen LogP contribution in [-0.2, 0) is 12.5 Å². The molecule has 2 aromatic rings. The molecule has 4 heteroatoms. The fourth-order valence-corrected chi connectivity index (χ4v) is 2.09. The van der Waals surface area contributed by atoms with E-state index in [1.54, 1.807) is 12.3 Å². The number of nitrogens with zero attached hydrogens (tertiary/aromatic N) is 1. The van der Waals surface area contributed by atoms with Gasteiger partial charge in [0.2, 0.25) is 0 Å². The van der Waals surface area contributed by atoms with Gasteiger partial charge in [0.25, 0.3) is 0 Å². The molecule has 0 radical (unpaired) electrons. The number of hydrogen-bond donors (Lipinski definition) is 0. The molecule has 0 aliphatic rings. The quantitative estimate of drug-likeness (QED) is 0.777. The molecule has 2 rings (SSSR count). The van der Waals surface area contributed by atoms with Gasteiger partial charge in [0.05, 0.1) is 16.6 Å². The molecule has 1 heterocycles. The van der Waals surface area contributed by atoms with Crippen LogP contribution in [0.3, 0.4) is 0 Å². The first-order valence-electron chi connectivity index (χ1n) is 5.59. The Hall–Kier alpha value is -1.25. The van der Waals surface area contributed by atoms with Crippen molar-refractivity contribution in [1.29, 1.82) is 0 Å². The number of aryl methyl sites for hydroxylation is 1. The Morgan fingerprint density at radius 1 is 1.22 bits per heavy atom. The molecule has 0 aliphatic carbocycles. The van der Waals surface area contributed by atoms with E-state index < -0.39 is 0 Å². The molecule has 2 nitrogen and oxygen atoms in total. The summed E-state index contributed by atoms with van der Waals surface area (Å²) in [7, 11) is 0. The van der Waals surface area contributed by atoms with Crippen molar-refractivity contribution in [2.24, 2.45) is 0 Å². The van der Waals surface area contributed by atoms with Crippen molar-refractivity contribution in [2.75, 3.05) is 0 Å². The van der Waals surface area contributed by atoms with Crippen LogP contribution in [-0.4, -0.2) is 4.98 Å². The maximum absolute atomic E-state index is 6.11. The standard InChI is InChI=1S/C14H13Cl2NO/c1-10-4-3-7-17-13(10)9-18-14-11(8-15)5-2-6-12(14)16/h2-7H,8-9H2,1H3. The Morgan fingerprint density at radius 2 is 2.06 bits per heavy atom. The third-order valence-electron chi connectivity index (χ3n) is 2.66. The number of alkyl halides is 1. The van der Waals surface area contributed by atoms with Crippen molar-refractivity contribution in [3.05, 3.63) is 58.4 Å². The van der Waals surface area contributed by atoms with Gasteiger partial charge in [-0.1, -0.05) is 29.8 Å². The molecular formula is C14H13Cl2NO. The van der Waals surface area contributed by atoms with Crippen LogP contribution in [0, 0.1) is 6.92 Å². The van der Waals surface area contributed by atoms with Crippen LogP contribution >= 0.6 is 23.2 Å². The molecule has 0 spiro atoms. The van der Waals surface area contributed by atoms with Crippen molar-refractivity contribution >= 4 is 23.2 Å². The van der Waals surface area contributed by atoms with Gasteiger partial charge in [0.15, 0.2) is 0 Å². The first-order valence-corrected chi connectivity index (χ1v) is 6.50.